The lowest BCUT2D eigenvalue weighted by Gasteiger charge is -2.20. The Labute approximate surface area is 189 Å². The molecule has 0 radical (unpaired) electrons. The fourth-order valence-corrected chi connectivity index (χ4v) is 4.20. The number of pyridine rings is 2. The molecule has 0 saturated heterocycles. The molecule has 0 amide bonds. The molecule has 5 aromatic rings. The van der Waals surface area contributed by atoms with Crippen LogP contribution in [0.15, 0.2) is 83.7 Å². The molecule has 0 aliphatic carbocycles. The minimum absolute atomic E-state index is 0.0401. The van der Waals surface area contributed by atoms with Crippen LogP contribution in [0.1, 0.15) is 26.3 Å². The first-order chi connectivity index (χ1) is 14.9. The van der Waals surface area contributed by atoms with E-state index in [4.69, 9.17) is 9.72 Å². The molecule has 0 unspecified atom stereocenters. The third kappa shape index (κ3) is 3.70. The van der Waals surface area contributed by atoms with Gasteiger partial charge in [-0.2, -0.15) is 0 Å². The monoisotopic (exact) mass is 471 g/mol. The van der Waals surface area contributed by atoms with Crippen molar-refractivity contribution in [3.05, 3.63) is 89.3 Å². The van der Waals surface area contributed by atoms with Crippen molar-refractivity contribution in [1.82, 2.24) is 14.5 Å². The Kier molecular flexibility index (Phi) is 4.78. The maximum Gasteiger partial charge on any atom is 0.146 e. The lowest BCUT2D eigenvalue weighted by atomic mass is 9.88. The first-order valence-electron chi connectivity index (χ1n) is 10.2. The second-order valence-electron chi connectivity index (χ2n) is 8.63. The minimum Gasteiger partial charge on any atom is -0.456 e. The lowest BCUT2D eigenvalue weighted by Crippen LogP contribution is -2.12. The predicted molar refractivity (Wildman–Crippen MR) is 129 cm³/mol. The van der Waals surface area contributed by atoms with Gasteiger partial charge in [0, 0.05) is 33.7 Å². The molecular formula is C26H22BrN3O. The van der Waals surface area contributed by atoms with Gasteiger partial charge in [0.05, 0.1) is 17.2 Å². The van der Waals surface area contributed by atoms with Gasteiger partial charge in [0.25, 0.3) is 0 Å². The van der Waals surface area contributed by atoms with Crippen molar-refractivity contribution in [2.75, 3.05) is 0 Å². The highest BCUT2D eigenvalue weighted by Crippen LogP contribution is 2.35. The second kappa shape index (κ2) is 7.50. The third-order valence-corrected chi connectivity index (χ3v) is 5.84. The van der Waals surface area contributed by atoms with Crippen LogP contribution in [0.4, 0.5) is 0 Å². The zero-order chi connectivity index (χ0) is 21.6. The maximum absolute atomic E-state index is 6.11. The number of halogens is 1. The van der Waals surface area contributed by atoms with Gasteiger partial charge in [0.1, 0.15) is 17.3 Å². The fourth-order valence-electron chi connectivity index (χ4n) is 3.85. The molecule has 0 aliphatic heterocycles. The molecule has 0 atom stereocenters. The van der Waals surface area contributed by atoms with E-state index in [9.17, 15) is 0 Å². The van der Waals surface area contributed by atoms with Crippen LogP contribution in [0.25, 0.3) is 27.6 Å². The van der Waals surface area contributed by atoms with E-state index in [0.717, 1.165) is 27.1 Å². The average Bonchev–Trinajstić information content (AvgIpc) is 3.07. The van der Waals surface area contributed by atoms with E-state index in [1.54, 1.807) is 12.4 Å². The summed E-state index contributed by atoms with van der Waals surface area (Å²) in [6.07, 6.45) is 5.34. The smallest absolute Gasteiger partial charge is 0.146 e. The number of rotatable bonds is 3. The summed E-state index contributed by atoms with van der Waals surface area (Å²) in [5, 5.41) is 2.36. The highest BCUT2D eigenvalue weighted by atomic mass is 79.9. The number of hydrogen-bond donors (Lipinski definition) is 0. The molecule has 3 aromatic heterocycles. The standard InChI is InChI=1S/C26H22BrN3O/c1-26(2,3)17-10-11-29-25(12-17)30-23-7-5-4-6-21(23)22-9-8-19(14-24(22)30)31-20-13-18(27)15-28-16-20/h4-16H,1-3H3. The molecular weight excluding hydrogens is 450 g/mol. The van der Waals surface area contributed by atoms with E-state index in [-0.39, 0.29) is 5.41 Å². The van der Waals surface area contributed by atoms with Crippen LogP contribution in [0.5, 0.6) is 11.5 Å². The lowest BCUT2D eigenvalue weighted by molar-refractivity contribution is 0.480. The van der Waals surface area contributed by atoms with Crippen LogP contribution in [0.2, 0.25) is 0 Å². The molecule has 0 saturated carbocycles. The highest BCUT2D eigenvalue weighted by Gasteiger charge is 2.18. The SMILES string of the molecule is CC(C)(C)c1ccnc(-n2c3ccccc3c3ccc(Oc4cncc(Br)c4)cc32)c1. The number of hydrogen-bond acceptors (Lipinski definition) is 3. The molecule has 154 valence electrons. The van der Waals surface area contributed by atoms with Crippen LogP contribution in [0.3, 0.4) is 0 Å². The van der Waals surface area contributed by atoms with Crippen LogP contribution in [-0.4, -0.2) is 14.5 Å². The zero-order valence-corrected chi connectivity index (χ0v) is 19.2. The number of fused-ring (bicyclic) bond motifs is 3. The first kappa shape index (κ1) is 19.8. The van der Waals surface area contributed by atoms with Crippen molar-refractivity contribution in [1.29, 1.82) is 0 Å². The van der Waals surface area contributed by atoms with Crippen molar-refractivity contribution in [2.24, 2.45) is 0 Å². The predicted octanol–water partition coefficient (Wildman–Crippen LogP) is 7.43. The molecule has 0 bridgehead atoms. The fraction of sp³-hybridized carbons (Fsp3) is 0.154. The van der Waals surface area contributed by atoms with E-state index >= 15 is 0 Å². The molecule has 0 aliphatic rings. The third-order valence-electron chi connectivity index (χ3n) is 5.40. The molecule has 5 heteroatoms. The Balaban J connectivity index is 1.72. The summed E-state index contributed by atoms with van der Waals surface area (Å²) in [6, 6.07) is 20.8. The maximum atomic E-state index is 6.11. The number of para-hydroxylation sites is 1. The molecule has 2 aromatic carbocycles. The Bertz CT molecular complexity index is 1420. The molecule has 5 rings (SSSR count). The molecule has 31 heavy (non-hydrogen) atoms. The van der Waals surface area contributed by atoms with E-state index in [2.05, 4.69) is 94.8 Å². The van der Waals surface area contributed by atoms with Crippen molar-refractivity contribution in [3.8, 4) is 17.3 Å². The van der Waals surface area contributed by atoms with Crippen molar-refractivity contribution >= 4 is 37.7 Å². The summed E-state index contributed by atoms with van der Waals surface area (Å²) < 4.78 is 9.20. The Morgan fingerprint density at radius 2 is 1.65 bits per heavy atom. The first-order valence-corrected chi connectivity index (χ1v) is 11.0. The molecule has 0 N–H and O–H groups in total. The average molecular weight is 472 g/mol. The largest absolute Gasteiger partial charge is 0.456 e. The second-order valence-corrected chi connectivity index (χ2v) is 9.54. The molecule has 0 spiro atoms. The minimum atomic E-state index is 0.0401. The van der Waals surface area contributed by atoms with Crippen LogP contribution < -0.4 is 4.74 Å². The van der Waals surface area contributed by atoms with E-state index in [1.807, 2.05) is 18.3 Å². The summed E-state index contributed by atoms with van der Waals surface area (Å²) in [7, 11) is 0. The van der Waals surface area contributed by atoms with Gasteiger partial charge in [-0.15, -0.1) is 0 Å². The van der Waals surface area contributed by atoms with Gasteiger partial charge in [-0.1, -0.05) is 39.0 Å². The summed E-state index contributed by atoms with van der Waals surface area (Å²) in [5.74, 6) is 2.34. The highest BCUT2D eigenvalue weighted by molar-refractivity contribution is 9.10. The van der Waals surface area contributed by atoms with Crippen molar-refractivity contribution in [2.45, 2.75) is 26.2 Å². The summed E-state index contributed by atoms with van der Waals surface area (Å²) in [6.45, 7) is 6.65. The molecule has 4 nitrogen and oxygen atoms in total. The number of nitrogens with zero attached hydrogens (tertiary/aromatic N) is 3. The normalized spacial score (nSPS) is 11.9. The van der Waals surface area contributed by atoms with E-state index in [1.165, 1.54) is 16.3 Å². The Morgan fingerprint density at radius 1 is 0.839 bits per heavy atom. The van der Waals surface area contributed by atoms with Gasteiger partial charge in [-0.3, -0.25) is 9.55 Å². The summed E-state index contributed by atoms with van der Waals surface area (Å²) in [4.78, 5) is 8.92. The number of aromatic nitrogens is 3. The quantitative estimate of drug-likeness (QED) is 0.274. The molecule has 3 heterocycles. The Morgan fingerprint density at radius 3 is 2.45 bits per heavy atom. The number of ether oxygens (including phenoxy) is 1. The van der Waals surface area contributed by atoms with Crippen LogP contribution in [0, 0.1) is 0 Å². The van der Waals surface area contributed by atoms with E-state index < -0.39 is 0 Å². The number of benzene rings is 2. The zero-order valence-electron chi connectivity index (χ0n) is 17.6. The van der Waals surface area contributed by atoms with Crippen molar-refractivity contribution in [3.63, 3.8) is 0 Å². The van der Waals surface area contributed by atoms with Gasteiger partial charge in [-0.05, 0) is 63.3 Å². The summed E-state index contributed by atoms with van der Waals surface area (Å²) in [5.41, 5.74) is 3.46. The van der Waals surface area contributed by atoms with Gasteiger partial charge in [0.15, 0.2) is 0 Å². The summed E-state index contributed by atoms with van der Waals surface area (Å²) >= 11 is 3.45. The van der Waals surface area contributed by atoms with Gasteiger partial charge in [0.2, 0.25) is 0 Å². The van der Waals surface area contributed by atoms with Gasteiger partial charge < -0.3 is 4.74 Å². The van der Waals surface area contributed by atoms with E-state index in [0.29, 0.717) is 5.75 Å². The van der Waals surface area contributed by atoms with Crippen LogP contribution >= 0.6 is 15.9 Å². The Hall–Kier alpha value is -3.18. The van der Waals surface area contributed by atoms with Crippen molar-refractivity contribution < 1.29 is 4.74 Å². The van der Waals surface area contributed by atoms with Gasteiger partial charge >= 0.3 is 0 Å². The van der Waals surface area contributed by atoms with Gasteiger partial charge in [-0.25, -0.2) is 4.98 Å². The van der Waals surface area contributed by atoms with Crippen LogP contribution in [-0.2, 0) is 5.41 Å². The topological polar surface area (TPSA) is 39.9 Å². The molecule has 0 fully saturated rings.